The van der Waals surface area contributed by atoms with E-state index >= 15 is 0 Å². The highest BCUT2D eigenvalue weighted by Crippen LogP contribution is 2.22. The second-order valence-electron chi connectivity index (χ2n) is 6.02. The van der Waals surface area contributed by atoms with Gasteiger partial charge in [-0.25, -0.2) is 0 Å². The molecule has 1 amide bonds. The number of furan rings is 1. The third-order valence-electron chi connectivity index (χ3n) is 4.19. The molecule has 112 valence electrons. The van der Waals surface area contributed by atoms with Crippen LogP contribution in [0.1, 0.15) is 23.9 Å². The van der Waals surface area contributed by atoms with Crippen LogP contribution in [-0.2, 0) is 0 Å². The molecule has 0 saturated carbocycles. The van der Waals surface area contributed by atoms with E-state index < -0.39 is 0 Å². The summed E-state index contributed by atoms with van der Waals surface area (Å²) >= 11 is 0. The van der Waals surface area contributed by atoms with Gasteiger partial charge in [0.05, 0.1) is 0 Å². The molecule has 3 N–H and O–H groups in total. The molecular weight excluding hydrogens is 266 g/mol. The number of carbonyl (C=O) groups is 1. The smallest absolute Gasteiger partial charge is 0.287 e. The molecule has 21 heavy (non-hydrogen) atoms. The molecule has 1 aliphatic heterocycles. The van der Waals surface area contributed by atoms with Crippen molar-refractivity contribution in [1.29, 1.82) is 0 Å². The minimum Gasteiger partial charge on any atom is -0.451 e. The second kappa shape index (κ2) is 5.41. The van der Waals surface area contributed by atoms with Gasteiger partial charge in [-0.2, -0.15) is 0 Å². The normalized spacial score (nSPS) is 23.3. The molecule has 0 aliphatic carbocycles. The van der Waals surface area contributed by atoms with Crippen molar-refractivity contribution in [1.82, 2.24) is 10.2 Å². The number of benzene rings is 1. The fourth-order valence-electron chi connectivity index (χ4n) is 2.98. The van der Waals surface area contributed by atoms with Crippen molar-refractivity contribution in [2.75, 3.05) is 25.9 Å². The van der Waals surface area contributed by atoms with Crippen LogP contribution in [0, 0.1) is 5.92 Å². The quantitative estimate of drug-likeness (QED) is 0.830. The number of likely N-dealkylation sites (tertiary alicyclic amines) is 1. The van der Waals surface area contributed by atoms with E-state index in [-0.39, 0.29) is 11.9 Å². The molecule has 1 fully saturated rings. The highest BCUT2D eigenvalue weighted by atomic mass is 16.3. The Labute approximate surface area is 124 Å². The van der Waals surface area contributed by atoms with Crippen molar-refractivity contribution in [2.24, 2.45) is 5.92 Å². The summed E-state index contributed by atoms with van der Waals surface area (Å²) in [7, 11) is 2.11. The monoisotopic (exact) mass is 287 g/mol. The first-order valence-electron chi connectivity index (χ1n) is 7.31. The lowest BCUT2D eigenvalue weighted by Gasteiger charge is -2.34. The molecule has 1 aromatic carbocycles. The average molecular weight is 287 g/mol. The van der Waals surface area contributed by atoms with Crippen molar-refractivity contribution in [3.8, 4) is 0 Å². The summed E-state index contributed by atoms with van der Waals surface area (Å²) in [4.78, 5) is 14.6. The van der Waals surface area contributed by atoms with Crippen LogP contribution < -0.4 is 11.1 Å². The van der Waals surface area contributed by atoms with E-state index in [0.717, 1.165) is 24.9 Å². The number of anilines is 1. The van der Waals surface area contributed by atoms with Gasteiger partial charge < -0.3 is 20.4 Å². The predicted octanol–water partition coefficient (Wildman–Crippen LogP) is 2.08. The van der Waals surface area contributed by atoms with Crippen molar-refractivity contribution < 1.29 is 9.21 Å². The minimum absolute atomic E-state index is 0.147. The summed E-state index contributed by atoms with van der Waals surface area (Å²) < 4.78 is 5.60. The maximum Gasteiger partial charge on any atom is 0.287 e. The lowest BCUT2D eigenvalue weighted by Crippen LogP contribution is -2.48. The maximum absolute atomic E-state index is 12.3. The molecule has 2 aromatic rings. The van der Waals surface area contributed by atoms with Crippen LogP contribution in [0.25, 0.3) is 11.0 Å². The molecular formula is C16H21N3O2. The van der Waals surface area contributed by atoms with Crippen LogP contribution >= 0.6 is 0 Å². The lowest BCUT2D eigenvalue weighted by atomic mass is 9.94. The van der Waals surface area contributed by atoms with Crippen LogP contribution in [0.2, 0.25) is 0 Å². The van der Waals surface area contributed by atoms with Gasteiger partial charge in [0, 0.05) is 23.7 Å². The first-order valence-corrected chi connectivity index (χ1v) is 7.31. The van der Waals surface area contributed by atoms with Crippen LogP contribution in [0.3, 0.4) is 0 Å². The third-order valence-corrected chi connectivity index (χ3v) is 4.19. The number of carbonyl (C=O) groups excluding carboxylic acids is 1. The largest absolute Gasteiger partial charge is 0.451 e. The number of nitrogens with two attached hydrogens (primary N) is 1. The number of fused-ring (bicyclic) bond motifs is 1. The zero-order valence-corrected chi connectivity index (χ0v) is 12.4. The van der Waals surface area contributed by atoms with Gasteiger partial charge in [-0.05, 0) is 50.2 Å². The number of rotatable bonds is 2. The number of nitrogens with one attached hydrogen (secondary N) is 1. The number of nitrogen functional groups attached to an aromatic ring is 1. The minimum atomic E-state index is -0.147. The Morgan fingerprint density at radius 3 is 3.00 bits per heavy atom. The molecule has 5 heteroatoms. The van der Waals surface area contributed by atoms with Gasteiger partial charge in [0.25, 0.3) is 5.91 Å². The number of nitrogens with zero attached hydrogens (tertiary/aromatic N) is 1. The number of hydrogen-bond donors (Lipinski definition) is 2. The average Bonchev–Trinajstić information content (AvgIpc) is 2.85. The van der Waals surface area contributed by atoms with Gasteiger partial charge in [-0.1, -0.05) is 6.92 Å². The van der Waals surface area contributed by atoms with E-state index in [1.54, 1.807) is 18.2 Å². The Bertz CT molecular complexity index is 665. The summed E-state index contributed by atoms with van der Waals surface area (Å²) in [6.45, 7) is 4.17. The van der Waals surface area contributed by atoms with Crippen LogP contribution in [-0.4, -0.2) is 37.0 Å². The van der Waals surface area contributed by atoms with Crippen molar-refractivity contribution >= 4 is 22.6 Å². The van der Waals surface area contributed by atoms with E-state index in [0.29, 0.717) is 22.9 Å². The standard InChI is InChI=1S/C16H21N3O2/c1-10-9-19(2)6-5-13(10)18-16(20)15-8-11-7-12(17)3-4-14(11)21-15/h3-4,7-8,10,13H,5-6,9,17H2,1-2H3,(H,18,20). The van der Waals surface area contributed by atoms with Gasteiger partial charge in [0.1, 0.15) is 5.58 Å². The predicted molar refractivity (Wildman–Crippen MR) is 83.2 cm³/mol. The topological polar surface area (TPSA) is 71.5 Å². The molecule has 1 aromatic heterocycles. The van der Waals surface area contributed by atoms with E-state index in [2.05, 4.69) is 24.2 Å². The number of piperidine rings is 1. The first-order chi connectivity index (χ1) is 10.0. The summed E-state index contributed by atoms with van der Waals surface area (Å²) in [6.07, 6.45) is 0.969. The summed E-state index contributed by atoms with van der Waals surface area (Å²) in [5, 5.41) is 3.95. The SMILES string of the molecule is CC1CN(C)CCC1NC(=O)c1cc2cc(N)ccc2o1. The molecule has 0 radical (unpaired) electrons. The van der Waals surface area contributed by atoms with E-state index in [4.69, 9.17) is 10.2 Å². The number of amides is 1. The molecule has 0 bridgehead atoms. The summed E-state index contributed by atoms with van der Waals surface area (Å²) in [6, 6.07) is 7.33. The van der Waals surface area contributed by atoms with E-state index in [9.17, 15) is 4.79 Å². The molecule has 3 rings (SSSR count). The fourth-order valence-corrected chi connectivity index (χ4v) is 2.98. The van der Waals surface area contributed by atoms with Crippen molar-refractivity contribution in [2.45, 2.75) is 19.4 Å². The maximum atomic E-state index is 12.3. The highest BCUT2D eigenvalue weighted by molar-refractivity contribution is 5.96. The van der Waals surface area contributed by atoms with Crippen molar-refractivity contribution in [3.63, 3.8) is 0 Å². The zero-order chi connectivity index (χ0) is 15.0. The Morgan fingerprint density at radius 1 is 1.43 bits per heavy atom. The van der Waals surface area contributed by atoms with Gasteiger partial charge in [0.2, 0.25) is 0 Å². The van der Waals surface area contributed by atoms with Gasteiger partial charge in [-0.3, -0.25) is 4.79 Å². The Balaban J connectivity index is 1.74. The Hall–Kier alpha value is -2.01. The van der Waals surface area contributed by atoms with Crippen LogP contribution in [0.4, 0.5) is 5.69 Å². The molecule has 5 nitrogen and oxygen atoms in total. The molecule has 1 saturated heterocycles. The number of hydrogen-bond acceptors (Lipinski definition) is 4. The van der Waals surface area contributed by atoms with E-state index in [1.165, 1.54) is 0 Å². The lowest BCUT2D eigenvalue weighted by molar-refractivity contribution is 0.0858. The van der Waals surface area contributed by atoms with Gasteiger partial charge >= 0.3 is 0 Å². The Morgan fingerprint density at radius 2 is 2.24 bits per heavy atom. The van der Waals surface area contributed by atoms with Gasteiger partial charge in [-0.15, -0.1) is 0 Å². The van der Waals surface area contributed by atoms with Crippen LogP contribution in [0.15, 0.2) is 28.7 Å². The van der Waals surface area contributed by atoms with E-state index in [1.807, 2.05) is 6.07 Å². The molecule has 2 unspecified atom stereocenters. The summed E-state index contributed by atoms with van der Waals surface area (Å²) in [5.41, 5.74) is 7.09. The molecule has 0 spiro atoms. The Kier molecular flexibility index (Phi) is 3.59. The molecule has 2 heterocycles. The third kappa shape index (κ3) is 2.88. The van der Waals surface area contributed by atoms with Crippen LogP contribution in [0.5, 0.6) is 0 Å². The fraction of sp³-hybridized carbons (Fsp3) is 0.438. The van der Waals surface area contributed by atoms with Crippen molar-refractivity contribution in [3.05, 3.63) is 30.0 Å². The first kappa shape index (κ1) is 13.9. The van der Waals surface area contributed by atoms with Gasteiger partial charge in [0.15, 0.2) is 5.76 Å². The molecule has 2 atom stereocenters. The zero-order valence-electron chi connectivity index (χ0n) is 12.4. The summed E-state index contributed by atoms with van der Waals surface area (Å²) in [5.74, 6) is 0.639. The second-order valence-corrected chi connectivity index (χ2v) is 6.02. The molecule has 1 aliphatic rings. The highest BCUT2D eigenvalue weighted by Gasteiger charge is 2.26.